The summed E-state index contributed by atoms with van der Waals surface area (Å²) in [5.74, 6) is 0.584. The van der Waals surface area contributed by atoms with E-state index in [0.717, 1.165) is 18.4 Å². The normalized spacial score (nSPS) is 21.3. The van der Waals surface area contributed by atoms with Gasteiger partial charge in [0.1, 0.15) is 0 Å². The van der Waals surface area contributed by atoms with Crippen LogP contribution in [0.15, 0.2) is 17.1 Å². The number of rotatable bonds is 2. The molecule has 1 saturated carbocycles. The number of carbonyl (C=O) groups excluding carboxylic acids is 1. The summed E-state index contributed by atoms with van der Waals surface area (Å²) in [5.41, 5.74) is 0.316. The third kappa shape index (κ3) is 1.69. The minimum absolute atomic E-state index is 0.496. The molecule has 1 aromatic rings. The number of isocyanates is 1. The lowest BCUT2D eigenvalue weighted by Gasteiger charge is -2.16. The maximum absolute atomic E-state index is 10.5. The third-order valence-corrected chi connectivity index (χ3v) is 3.54. The zero-order chi connectivity index (χ0) is 13.0. The van der Waals surface area contributed by atoms with Gasteiger partial charge in [-0.2, -0.15) is 4.99 Å². The molecule has 1 aliphatic carbocycles. The van der Waals surface area contributed by atoms with Crippen LogP contribution in [-0.4, -0.2) is 11.9 Å². The molecule has 2 aliphatic rings. The number of fused-ring (bicyclic) bond motifs is 1. The van der Waals surface area contributed by atoms with Crippen LogP contribution < -0.4 is 9.47 Å². The van der Waals surface area contributed by atoms with Crippen molar-refractivity contribution in [2.24, 2.45) is 4.99 Å². The molecule has 0 N–H and O–H groups in total. The Hall–Kier alpha value is -1.51. The summed E-state index contributed by atoms with van der Waals surface area (Å²) in [6.45, 7) is 3.66. The topological polar surface area (TPSA) is 47.9 Å². The van der Waals surface area contributed by atoms with Gasteiger partial charge >= 0.3 is 0 Å². The Bertz CT molecular complexity index is 572. The van der Waals surface area contributed by atoms with Gasteiger partial charge in [0.05, 0.1) is 10.6 Å². The van der Waals surface area contributed by atoms with Gasteiger partial charge in [0.25, 0.3) is 0 Å². The van der Waals surface area contributed by atoms with Gasteiger partial charge in [-0.1, -0.05) is 11.6 Å². The fourth-order valence-electron chi connectivity index (χ4n) is 2.25. The van der Waals surface area contributed by atoms with E-state index in [1.54, 1.807) is 12.1 Å². The summed E-state index contributed by atoms with van der Waals surface area (Å²) in [7, 11) is 0. The van der Waals surface area contributed by atoms with Gasteiger partial charge in [-0.3, -0.25) is 0 Å². The molecule has 3 rings (SSSR count). The Kier molecular flexibility index (Phi) is 2.25. The second kappa shape index (κ2) is 3.50. The van der Waals surface area contributed by atoms with Gasteiger partial charge in [0.2, 0.25) is 11.9 Å². The van der Waals surface area contributed by atoms with Gasteiger partial charge in [0.15, 0.2) is 11.5 Å². The van der Waals surface area contributed by atoms with Crippen LogP contribution in [0.3, 0.4) is 0 Å². The SMILES string of the molecule is CC1(C)Oc2cc(Cl)c(C3(N=C=O)CC3)cc2O1. The van der Waals surface area contributed by atoms with E-state index < -0.39 is 11.3 Å². The van der Waals surface area contributed by atoms with Crippen LogP contribution in [-0.2, 0) is 10.3 Å². The van der Waals surface area contributed by atoms with Gasteiger partial charge in [-0.05, 0) is 18.9 Å². The van der Waals surface area contributed by atoms with Crippen molar-refractivity contribution in [3.05, 3.63) is 22.7 Å². The highest BCUT2D eigenvalue weighted by atomic mass is 35.5. The van der Waals surface area contributed by atoms with Crippen molar-refractivity contribution in [3.8, 4) is 11.5 Å². The lowest BCUT2D eigenvalue weighted by atomic mass is 10.0. The third-order valence-electron chi connectivity index (χ3n) is 3.23. The second-order valence-electron chi connectivity index (χ2n) is 5.12. The van der Waals surface area contributed by atoms with E-state index in [1.165, 1.54) is 0 Å². The first-order valence-electron chi connectivity index (χ1n) is 5.77. The summed E-state index contributed by atoms with van der Waals surface area (Å²) in [6.07, 6.45) is 3.25. The summed E-state index contributed by atoms with van der Waals surface area (Å²) in [4.78, 5) is 14.4. The molecule has 0 unspecified atom stereocenters. The van der Waals surface area contributed by atoms with Crippen molar-refractivity contribution >= 4 is 17.7 Å². The minimum Gasteiger partial charge on any atom is -0.449 e. The molecule has 0 radical (unpaired) electrons. The number of hydrogen-bond acceptors (Lipinski definition) is 4. The summed E-state index contributed by atoms with van der Waals surface area (Å²) in [5, 5.41) is 0.548. The first-order chi connectivity index (χ1) is 8.46. The maximum atomic E-state index is 10.5. The molecule has 0 bridgehead atoms. The molecule has 0 amide bonds. The number of ether oxygens (including phenoxy) is 2. The standard InChI is InChI=1S/C13H12ClNO3/c1-12(2)17-10-5-8(9(14)6-11(10)18-12)13(3-4-13)15-7-16/h5-6H,3-4H2,1-2H3. The van der Waals surface area contributed by atoms with Crippen molar-refractivity contribution in [2.75, 3.05) is 0 Å². The van der Waals surface area contributed by atoms with Crippen molar-refractivity contribution in [2.45, 2.75) is 38.0 Å². The zero-order valence-electron chi connectivity index (χ0n) is 10.1. The fourth-order valence-corrected chi connectivity index (χ4v) is 2.58. The van der Waals surface area contributed by atoms with Crippen LogP contribution >= 0.6 is 11.6 Å². The first-order valence-corrected chi connectivity index (χ1v) is 6.15. The maximum Gasteiger partial charge on any atom is 0.246 e. The molecule has 18 heavy (non-hydrogen) atoms. The van der Waals surface area contributed by atoms with Crippen LogP contribution in [0.25, 0.3) is 0 Å². The van der Waals surface area contributed by atoms with Crippen molar-refractivity contribution in [3.63, 3.8) is 0 Å². The van der Waals surface area contributed by atoms with Crippen LogP contribution in [0.4, 0.5) is 0 Å². The predicted molar refractivity (Wildman–Crippen MR) is 65.8 cm³/mol. The van der Waals surface area contributed by atoms with Crippen LogP contribution in [0.5, 0.6) is 11.5 Å². The monoisotopic (exact) mass is 265 g/mol. The van der Waals surface area contributed by atoms with E-state index in [0.29, 0.717) is 16.5 Å². The van der Waals surface area contributed by atoms with Crippen LogP contribution in [0.2, 0.25) is 5.02 Å². The Morgan fingerprint density at radius 1 is 1.28 bits per heavy atom. The van der Waals surface area contributed by atoms with Crippen molar-refractivity contribution in [1.29, 1.82) is 0 Å². The average molecular weight is 266 g/mol. The molecule has 1 heterocycles. The molecule has 0 aromatic heterocycles. The minimum atomic E-state index is -0.686. The predicted octanol–water partition coefficient (Wildman–Crippen LogP) is 3.17. The van der Waals surface area contributed by atoms with E-state index in [9.17, 15) is 4.79 Å². The second-order valence-corrected chi connectivity index (χ2v) is 5.52. The number of benzene rings is 1. The van der Waals surface area contributed by atoms with E-state index in [-0.39, 0.29) is 0 Å². The number of nitrogens with zero attached hydrogens (tertiary/aromatic N) is 1. The molecule has 5 heteroatoms. The highest BCUT2D eigenvalue weighted by Gasteiger charge is 2.47. The first kappa shape index (κ1) is 11.6. The Morgan fingerprint density at radius 3 is 2.44 bits per heavy atom. The summed E-state index contributed by atoms with van der Waals surface area (Å²) < 4.78 is 11.3. The number of hydrogen-bond donors (Lipinski definition) is 0. The highest BCUT2D eigenvalue weighted by molar-refractivity contribution is 6.31. The fraction of sp³-hybridized carbons (Fsp3) is 0.462. The Balaban J connectivity index is 2.07. The van der Waals surface area contributed by atoms with Crippen LogP contribution in [0.1, 0.15) is 32.3 Å². The highest BCUT2D eigenvalue weighted by Crippen LogP contribution is 2.54. The number of aliphatic imine (C=N–C) groups is 1. The molecule has 1 aromatic carbocycles. The molecular weight excluding hydrogens is 254 g/mol. The van der Waals surface area contributed by atoms with Gasteiger partial charge in [-0.15, -0.1) is 0 Å². The molecule has 1 aliphatic heterocycles. The van der Waals surface area contributed by atoms with E-state index >= 15 is 0 Å². The van der Waals surface area contributed by atoms with Gasteiger partial charge in [-0.25, -0.2) is 4.79 Å². The molecule has 0 saturated heterocycles. The van der Waals surface area contributed by atoms with E-state index in [2.05, 4.69) is 4.99 Å². The van der Waals surface area contributed by atoms with Gasteiger partial charge in [0, 0.05) is 25.5 Å². The molecular formula is C13H12ClNO3. The summed E-state index contributed by atoms with van der Waals surface area (Å²) in [6, 6.07) is 3.54. The van der Waals surface area contributed by atoms with Crippen molar-refractivity contribution in [1.82, 2.24) is 0 Å². The molecule has 1 fully saturated rings. The molecule has 0 atom stereocenters. The van der Waals surface area contributed by atoms with E-state index in [1.807, 2.05) is 19.9 Å². The average Bonchev–Trinajstić information content (AvgIpc) is 2.96. The quantitative estimate of drug-likeness (QED) is 0.609. The van der Waals surface area contributed by atoms with Crippen LogP contribution in [0, 0.1) is 0 Å². The Labute approximate surface area is 110 Å². The lowest BCUT2D eigenvalue weighted by molar-refractivity contribution is -0.0431. The summed E-state index contributed by atoms with van der Waals surface area (Å²) >= 11 is 6.24. The zero-order valence-corrected chi connectivity index (χ0v) is 10.9. The smallest absolute Gasteiger partial charge is 0.246 e. The molecule has 0 spiro atoms. The lowest BCUT2D eigenvalue weighted by Crippen LogP contribution is -2.29. The largest absolute Gasteiger partial charge is 0.449 e. The molecule has 4 nitrogen and oxygen atoms in total. The van der Waals surface area contributed by atoms with Gasteiger partial charge < -0.3 is 9.47 Å². The number of halogens is 1. The van der Waals surface area contributed by atoms with Crippen molar-refractivity contribution < 1.29 is 14.3 Å². The Morgan fingerprint density at radius 2 is 1.89 bits per heavy atom. The van der Waals surface area contributed by atoms with E-state index in [4.69, 9.17) is 21.1 Å². The molecule has 94 valence electrons.